The summed E-state index contributed by atoms with van der Waals surface area (Å²) in [4.78, 5) is 11.6. The Labute approximate surface area is 91.7 Å². The van der Waals surface area contributed by atoms with Gasteiger partial charge < -0.3 is 0 Å². The van der Waals surface area contributed by atoms with Crippen molar-refractivity contribution in [3.05, 3.63) is 32.9 Å². The van der Waals surface area contributed by atoms with Crippen LogP contribution < -0.4 is 0 Å². The third-order valence-electron chi connectivity index (χ3n) is 2.61. The van der Waals surface area contributed by atoms with Crippen LogP contribution in [0.2, 0.25) is 0 Å². The van der Waals surface area contributed by atoms with Crippen LogP contribution in [0.15, 0.2) is 18.2 Å². The third kappa shape index (κ3) is 1.41. The summed E-state index contributed by atoms with van der Waals surface area (Å²) in [7, 11) is 0. The fourth-order valence-electron chi connectivity index (χ4n) is 1.93. The number of benzene rings is 1. The Kier molecular flexibility index (Phi) is 1.98. The summed E-state index contributed by atoms with van der Waals surface area (Å²) in [6.07, 6.45) is 0.655. The van der Waals surface area contributed by atoms with Crippen molar-refractivity contribution in [3.8, 4) is 0 Å². The Balaban J connectivity index is 2.66. The van der Waals surface area contributed by atoms with E-state index in [1.54, 1.807) is 0 Å². The molecule has 1 aromatic rings. The molecule has 0 bridgehead atoms. The van der Waals surface area contributed by atoms with Gasteiger partial charge in [-0.05, 0) is 45.7 Å². The highest BCUT2D eigenvalue weighted by molar-refractivity contribution is 14.1. The molecule has 13 heavy (non-hydrogen) atoms. The Hall–Kier alpha value is -0.380. The molecule has 0 amide bonds. The standard InChI is InChI=1S/C11H11IO/c1-11(2)6-10(13)8-5-7(12)3-4-9(8)11/h3-5H,6H2,1-2H3. The average molecular weight is 286 g/mol. The first kappa shape index (κ1) is 9.19. The smallest absolute Gasteiger partial charge is 0.164 e. The lowest BCUT2D eigenvalue weighted by Gasteiger charge is -2.17. The SMILES string of the molecule is CC1(C)CC(=O)c2cc(I)ccc21. The third-order valence-corrected chi connectivity index (χ3v) is 3.28. The van der Waals surface area contributed by atoms with Crippen LogP contribution in [0, 0.1) is 3.57 Å². The van der Waals surface area contributed by atoms with Crippen molar-refractivity contribution < 1.29 is 4.79 Å². The lowest BCUT2D eigenvalue weighted by Crippen LogP contribution is -2.12. The second-order valence-corrected chi connectivity index (χ2v) is 5.42. The van der Waals surface area contributed by atoms with Crippen LogP contribution in [0.1, 0.15) is 36.2 Å². The number of carbonyl (C=O) groups is 1. The van der Waals surface area contributed by atoms with Crippen molar-refractivity contribution in [2.45, 2.75) is 25.7 Å². The van der Waals surface area contributed by atoms with Crippen molar-refractivity contribution in [1.82, 2.24) is 0 Å². The van der Waals surface area contributed by atoms with Gasteiger partial charge in [-0.25, -0.2) is 0 Å². The zero-order chi connectivity index (χ0) is 9.64. The second kappa shape index (κ2) is 2.80. The minimum Gasteiger partial charge on any atom is -0.294 e. The van der Waals surface area contributed by atoms with Crippen molar-refractivity contribution >= 4 is 28.4 Å². The zero-order valence-electron chi connectivity index (χ0n) is 7.73. The molecule has 2 rings (SSSR count). The van der Waals surface area contributed by atoms with Gasteiger partial charge in [-0.15, -0.1) is 0 Å². The fraction of sp³-hybridized carbons (Fsp3) is 0.364. The molecule has 1 aliphatic carbocycles. The predicted molar refractivity (Wildman–Crippen MR) is 61.1 cm³/mol. The van der Waals surface area contributed by atoms with E-state index in [1.807, 2.05) is 6.07 Å². The van der Waals surface area contributed by atoms with Gasteiger partial charge in [0.1, 0.15) is 0 Å². The maximum Gasteiger partial charge on any atom is 0.164 e. The van der Waals surface area contributed by atoms with Gasteiger partial charge in [-0.3, -0.25) is 4.79 Å². The van der Waals surface area contributed by atoms with Gasteiger partial charge in [0.25, 0.3) is 0 Å². The molecule has 1 aromatic carbocycles. The molecule has 0 radical (unpaired) electrons. The molecule has 0 heterocycles. The number of hydrogen-bond acceptors (Lipinski definition) is 1. The molecule has 0 atom stereocenters. The summed E-state index contributed by atoms with van der Waals surface area (Å²) < 4.78 is 1.14. The number of Topliss-reactive ketones (excluding diaryl/α,β-unsaturated/α-hetero) is 1. The van der Waals surface area contributed by atoms with Gasteiger partial charge in [-0.2, -0.15) is 0 Å². The molecule has 0 aliphatic heterocycles. The van der Waals surface area contributed by atoms with Crippen molar-refractivity contribution in [2.24, 2.45) is 0 Å². The number of rotatable bonds is 0. The first-order valence-electron chi connectivity index (χ1n) is 4.34. The molecular weight excluding hydrogens is 275 g/mol. The minimum atomic E-state index is 0.0384. The topological polar surface area (TPSA) is 17.1 Å². The van der Waals surface area contributed by atoms with Crippen molar-refractivity contribution in [3.63, 3.8) is 0 Å². The molecule has 1 aliphatic rings. The molecule has 0 saturated heterocycles. The zero-order valence-corrected chi connectivity index (χ0v) is 9.88. The number of fused-ring (bicyclic) bond motifs is 1. The summed E-state index contributed by atoms with van der Waals surface area (Å²) >= 11 is 2.24. The first-order valence-corrected chi connectivity index (χ1v) is 5.42. The van der Waals surface area contributed by atoms with Crippen LogP contribution in [-0.4, -0.2) is 5.78 Å². The van der Waals surface area contributed by atoms with Gasteiger partial charge in [0.2, 0.25) is 0 Å². The number of hydrogen-bond donors (Lipinski definition) is 0. The molecule has 0 unspecified atom stereocenters. The number of halogens is 1. The van der Waals surface area contributed by atoms with Gasteiger partial charge in [0.15, 0.2) is 5.78 Å². The molecule has 68 valence electrons. The van der Waals surface area contributed by atoms with Gasteiger partial charge >= 0.3 is 0 Å². The van der Waals surface area contributed by atoms with Gasteiger partial charge in [0.05, 0.1) is 0 Å². The second-order valence-electron chi connectivity index (χ2n) is 4.17. The Bertz CT molecular complexity index is 380. The summed E-state index contributed by atoms with van der Waals surface area (Å²) in [6, 6.07) is 6.15. The molecular formula is C11H11IO. The molecule has 1 nitrogen and oxygen atoms in total. The van der Waals surface area contributed by atoms with E-state index in [-0.39, 0.29) is 5.41 Å². The van der Waals surface area contributed by atoms with E-state index < -0.39 is 0 Å². The molecule has 2 heteroatoms. The quantitative estimate of drug-likeness (QED) is 0.670. The Morgan fingerprint density at radius 1 is 1.38 bits per heavy atom. The molecule has 0 aromatic heterocycles. The van der Waals surface area contributed by atoms with E-state index in [0.29, 0.717) is 12.2 Å². The summed E-state index contributed by atoms with van der Waals surface area (Å²) in [5.74, 6) is 0.290. The van der Waals surface area contributed by atoms with Crippen LogP contribution in [0.25, 0.3) is 0 Å². The molecule has 0 spiro atoms. The van der Waals surface area contributed by atoms with E-state index in [9.17, 15) is 4.79 Å². The summed E-state index contributed by atoms with van der Waals surface area (Å²) in [5, 5.41) is 0. The first-order chi connectivity index (χ1) is 6.00. The van der Waals surface area contributed by atoms with E-state index in [1.165, 1.54) is 5.56 Å². The van der Waals surface area contributed by atoms with E-state index in [4.69, 9.17) is 0 Å². The van der Waals surface area contributed by atoms with Crippen molar-refractivity contribution in [2.75, 3.05) is 0 Å². The largest absolute Gasteiger partial charge is 0.294 e. The van der Waals surface area contributed by atoms with Gasteiger partial charge in [-0.1, -0.05) is 19.9 Å². The highest BCUT2D eigenvalue weighted by atomic mass is 127. The minimum absolute atomic E-state index is 0.0384. The van der Waals surface area contributed by atoms with Crippen molar-refractivity contribution in [1.29, 1.82) is 0 Å². The monoisotopic (exact) mass is 286 g/mol. The van der Waals surface area contributed by atoms with Gasteiger partial charge in [0, 0.05) is 15.6 Å². The Morgan fingerprint density at radius 3 is 2.77 bits per heavy atom. The normalized spacial score (nSPS) is 18.8. The lowest BCUT2D eigenvalue weighted by atomic mass is 9.87. The molecule has 0 fully saturated rings. The van der Waals surface area contributed by atoms with E-state index in [0.717, 1.165) is 9.13 Å². The fourth-order valence-corrected chi connectivity index (χ4v) is 2.42. The predicted octanol–water partition coefficient (Wildman–Crippen LogP) is 3.16. The molecule has 0 saturated carbocycles. The lowest BCUT2D eigenvalue weighted by molar-refractivity contribution is 0.0979. The number of carbonyl (C=O) groups excluding carboxylic acids is 1. The molecule has 0 N–H and O–H groups in total. The highest BCUT2D eigenvalue weighted by Gasteiger charge is 2.35. The maximum absolute atomic E-state index is 11.6. The summed E-state index contributed by atoms with van der Waals surface area (Å²) in [5.41, 5.74) is 2.17. The van der Waals surface area contributed by atoms with Crippen LogP contribution in [0.5, 0.6) is 0 Å². The maximum atomic E-state index is 11.6. The van der Waals surface area contributed by atoms with Crippen LogP contribution in [0.3, 0.4) is 0 Å². The van der Waals surface area contributed by atoms with Crippen LogP contribution >= 0.6 is 22.6 Å². The Morgan fingerprint density at radius 2 is 2.08 bits per heavy atom. The highest BCUT2D eigenvalue weighted by Crippen LogP contribution is 2.38. The van der Waals surface area contributed by atoms with Crippen LogP contribution in [-0.2, 0) is 5.41 Å². The van der Waals surface area contributed by atoms with Crippen LogP contribution in [0.4, 0.5) is 0 Å². The summed E-state index contributed by atoms with van der Waals surface area (Å²) in [6.45, 7) is 4.26. The average Bonchev–Trinajstić information content (AvgIpc) is 2.22. The number of ketones is 1. The van der Waals surface area contributed by atoms with E-state index in [2.05, 4.69) is 48.6 Å². The van der Waals surface area contributed by atoms with E-state index >= 15 is 0 Å².